The van der Waals surface area contributed by atoms with Gasteiger partial charge in [-0.3, -0.25) is 0 Å². The first-order valence-corrected chi connectivity index (χ1v) is 4.22. The molecular formula is C11H8NO2-. The summed E-state index contributed by atoms with van der Waals surface area (Å²) in [6.45, 7) is 0. The highest BCUT2D eigenvalue weighted by Crippen LogP contribution is 2.17. The molecule has 0 unspecified atom stereocenters. The number of rotatable bonds is 1. The molecule has 0 N–H and O–H groups in total. The van der Waals surface area contributed by atoms with E-state index in [1.807, 2.05) is 6.07 Å². The summed E-state index contributed by atoms with van der Waals surface area (Å²) in [5, 5.41) is 22.5. The molecule has 0 atom stereocenters. The van der Waals surface area contributed by atoms with Crippen LogP contribution >= 0.6 is 0 Å². The largest absolute Gasteiger partial charge is 0.872 e. The topological polar surface area (TPSA) is 50.0 Å². The van der Waals surface area contributed by atoms with E-state index < -0.39 is 0 Å². The Bertz CT molecular complexity index is 440. The van der Waals surface area contributed by atoms with Crippen molar-refractivity contribution in [2.45, 2.75) is 0 Å². The van der Waals surface area contributed by atoms with E-state index >= 15 is 0 Å². The highest BCUT2D eigenvalue weighted by molar-refractivity contribution is 5.42. The third kappa shape index (κ3) is 1.52. The third-order valence-corrected chi connectivity index (χ3v) is 1.92. The predicted octanol–water partition coefficient (Wildman–Crippen LogP) is 0.110. The molecule has 0 radical (unpaired) electrons. The number of hydrogen-bond donors (Lipinski definition) is 0. The average Bonchev–Trinajstić information content (AvgIpc) is 2.23. The average molecular weight is 186 g/mol. The summed E-state index contributed by atoms with van der Waals surface area (Å²) < 4.78 is 1.63. The maximum absolute atomic E-state index is 11.4. The minimum atomic E-state index is -0.157. The van der Waals surface area contributed by atoms with E-state index in [4.69, 9.17) is 0 Å². The Balaban J connectivity index is 2.57. The molecule has 1 heterocycles. The molecule has 0 saturated heterocycles. The molecule has 0 spiro atoms. The van der Waals surface area contributed by atoms with Crippen LogP contribution in [-0.2, 0) is 0 Å². The molecule has 14 heavy (non-hydrogen) atoms. The number of aromatic nitrogens is 1. The minimum absolute atomic E-state index is 0.152. The SMILES string of the molecule is [O-]c1ccc([O-])c(-[n+]2ccccc2)c1. The smallest absolute Gasteiger partial charge is 0.202 e. The predicted molar refractivity (Wildman–Crippen MR) is 46.9 cm³/mol. The lowest BCUT2D eigenvalue weighted by Crippen LogP contribution is -2.30. The zero-order valence-corrected chi connectivity index (χ0v) is 7.38. The highest BCUT2D eigenvalue weighted by Gasteiger charge is 2.03. The summed E-state index contributed by atoms with van der Waals surface area (Å²) in [6, 6.07) is 9.35. The molecule has 0 fully saturated rings. The molecule has 1 aromatic carbocycles. The summed E-state index contributed by atoms with van der Waals surface area (Å²) in [4.78, 5) is 0. The van der Waals surface area contributed by atoms with Gasteiger partial charge in [0.1, 0.15) is 0 Å². The Labute approximate surface area is 81.5 Å². The molecule has 0 saturated carbocycles. The third-order valence-electron chi connectivity index (χ3n) is 1.92. The van der Waals surface area contributed by atoms with Crippen molar-refractivity contribution in [1.29, 1.82) is 0 Å². The van der Waals surface area contributed by atoms with E-state index in [1.54, 1.807) is 29.1 Å². The summed E-state index contributed by atoms with van der Waals surface area (Å²) >= 11 is 0. The zero-order valence-electron chi connectivity index (χ0n) is 7.38. The van der Waals surface area contributed by atoms with E-state index in [-0.39, 0.29) is 11.5 Å². The van der Waals surface area contributed by atoms with Crippen molar-refractivity contribution in [2.24, 2.45) is 0 Å². The van der Waals surface area contributed by atoms with Gasteiger partial charge in [0, 0.05) is 18.2 Å². The maximum atomic E-state index is 11.4. The van der Waals surface area contributed by atoms with Crippen molar-refractivity contribution in [2.75, 3.05) is 0 Å². The lowest BCUT2D eigenvalue weighted by Gasteiger charge is -2.11. The van der Waals surface area contributed by atoms with Gasteiger partial charge >= 0.3 is 0 Å². The van der Waals surface area contributed by atoms with Crippen LogP contribution in [0.2, 0.25) is 0 Å². The monoisotopic (exact) mass is 186 g/mol. The molecular weight excluding hydrogens is 178 g/mol. The van der Waals surface area contributed by atoms with Crippen LogP contribution in [-0.4, -0.2) is 0 Å². The first-order valence-electron chi connectivity index (χ1n) is 4.22. The Kier molecular flexibility index (Phi) is 2.07. The highest BCUT2D eigenvalue weighted by atomic mass is 16.3. The second-order valence-electron chi connectivity index (χ2n) is 2.91. The number of pyridine rings is 1. The molecule has 0 aliphatic carbocycles. The van der Waals surface area contributed by atoms with Crippen LogP contribution in [0.5, 0.6) is 11.5 Å². The van der Waals surface area contributed by atoms with Crippen molar-refractivity contribution in [3.63, 3.8) is 0 Å². The Morgan fingerprint density at radius 3 is 2.36 bits per heavy atom. The number of hydrogen-bond acceptors (Lipinski definition) is 2. The van der Waals surface area contributed by atoms with Crippen molar-refractivity contribution in [1.82, 2.24) is 0 Å². The zero-order chi connectivity index (χ0) is 9.97. The van der Waals surface area contributed by atoms with Gasteiger partial charge in [-0.2, -0.15) is 4.57 Å². The van der Waals surface area contributed by atoms with Gasteiger partial charge in [-0.05, 0) is 5.75 Å². The molecule has 2 aromatic rings. The molecule has 2 rings (SSSR count). The summed E-state index contributed by atoms with van der Waals surface area (Å²) in [5.74, 6) is -0.309. The Morgan fingerprint density at radius 2 is 1.64 bits per heavy atom. The first-order chi connectivity index (χ1) is 6.77. The van der Waals surface area contributed by atoms with Gasteiger partial charge in [-0.25, -0.2) is 0 Å². The van der Waals surface area contributed by atoms with Gasteiger partial charge in [-0.1, -0.05) is 18.2 Å². The molecule has 1 aromatic heterocycles. The van der Waals surface area contributed by atoms with Gasteiger partial charge in [0.15, 0.2) is 12.4 Å². The van der Waals surface area contributed by atoms with E-state index in [1.165, 1.54) is 18.2 Å². The van der Waals surface area contributed by atoms with Gasteiger partial charge in [-0.15, -0.1) is 5.75 Å². The maximum Gasteiger partial charge on any atom is 0.202 e. The van der Waals surface area contributed by atoms with Gasteiger partial charge < -0.3 is 10.2 Å². The van der Waals surface area contributed by atoms with Gasteiger partial charge in [0.25, 0.3) is 0 Å². The fourth-order valence-corrected chi connectivity index (χ4v) is 1.26. The second-order valence-corrected chi connectivity index (χ2v) is 2.91. The van der Waals surface area contributed by atoms with Crippen molar-refractivity contribution in [3.05, 3.63) is 48.8 Å². The standard InChI is InChI=1S/C11H9NO2/c13-9-4-5-11(14)10(8-9)12-6-2-1-3-7-12/h1-8H,(H-,13,14)/p-1. The second kappa shape index (κ2) is 3.38. The lowest BCUT2D eigenvalue weighted by atomic mass is 10.2. The molecule has 70 valence electrons. The number of nitrogens with zero attached hydrogens (tertiary/aromatic N) is 1. The molecule has 0 amide bonds. The molecule has 0 aliphatic rings. The molecule has 3 nitrogen and oxygen atoms in total. The quantitative estimate of drug-likeness (QED) is 0.593. The first kappa shape index (κ1) is 8.56. The summed E-state index contributed by atoms with van der Waals surface area (Å²) in [5.41, 5.74) is 0.387. The van der Waals surface area contributed by atoms with E-state index in [0.717, 1.165) is 0 Å². The molecule has 0 aliphatic heterocycles. The van der Waals surface area contributed by atoms with Crippen molar-refractivity contribution < 1.29 is 14.8 Å². The fourth-order valence-electron chi connectivity index (χ4n) is 1.26. The fraction of sp³-hybridized carbons (Fsp3) is 0. The molecule has 3 heteroatoms. The Morgan fingerprint density at radius 1 is 0.929 bits per heavy atom. The minimum Gasteiger partial charge on any atom is -0.872 e. The Hall–Kier alpha value is -2.03. The van der Waals surface area contributed by atoms with Crippen LogP contribution in [0, 0.1) is 0 Å². The van der Waals surface area contributed by atoms with Crippen LogP contribution in [0.3, 0.4) is 0 Å². The van der Waals surface area contributed by atoms with Crippen LogP contribution < -0.4 is 14.8 Å². The normalized spacial score (nSPS) is 10.0. The van der Waals surface area contributed by atoms with Crippen molar-refractivity contribution in [3.8, 4) is 17.2 Å². The van der Waals surface area contributed by atoms with Crippen LogP contribution in [0.15, 0.2) is 48.8 Å². The van der Waals surface area contributed by atoms with Crippen LogP contribution in [0.25, 0.3) is 5.69 Å². The van der Waals surface area contributed by atoms with Gasteiger partial charge in [0.05, 0.1) is 0 Å². The van der Waals surface area contributed by atoms with Crippen molar-refractivity contribution >= 4 is 0 Å². The van der Waals surface area contributed by atoms with E-state index in [9.17, 15) is 10.2 Å². The van der Waals surface area contributed by atoms with Gasteiger partial charge in [0.2, 0.25) is 5.69 Å². The molecule has 0 bridgehead atoms. The summed E-state index contributed by atoms with van der Waals surface area (Å²) in [6.07, 6.45) is 3.46. The van der Waals surface area contributed by atoms with E-state index in [0.29, 0.717) is 5.69 Å². The van der Waals surface area contributed by atoms with E-state index in [2.05, 4.69) is 0 Å². The van der Waals surface area contributed by atoms with Crippen LogP contribution in [0.4, 0.5) is 0 Å². The lowest BCUT2D eigenvalue weighted by molar-refractivity contribution is -0.600. The number of benzene rings is 1. The summed E-state index contributed by atoms with van der Waals surface area (Å²) in [7, 11) is 0. The van der Waals surface area contributed by atoms with Crippen LogP contribution in [0.1, 0.15) is 0 Å².